The van der Waals surface area contributed by atoms with Crippen molar-refractivity contribution in [3.63, 3.8) is 0 Å². The molecule has 0 unspecified atom stereocenters. The number of benzene rings is 1. The average Bonchev–Trinajstić information content (AvgIpc) is 3.18. The molecule has 0 fully saturated rings. The molecule has 0 bridgehead atoms. The monoisotopic (exact) mass is 408 g/mol. The van der Waals surface area contributed by atoms with Gasteiger partial charge in [-0.05, 0) is 48.7 Å². The van der Waals surface area contributed by atoms with Gasteiger partial charge in [0, 0.05) is 6.54 Å². The highest BCUT2D eigenvalue weighted by atomic mass is 32.2. The fourth-order valence-corrected chi connectivity index (χ4v) is 3.19. The van der Waals surface area contributed by atoms with E-state index in [4.69, 9.17) is 9.15 Å². The van der Waals surface area contributed by atoms with E-state index in [2.05, 4.69) is 10.0 Å². The van der Waals surface area contributed by atoms with E-state index >= 15 is 0 Å². The molecule has 1 aromatic heterocycles. The van der Waals surface area contributed by atoms with Gasteiger partial charge >= 0.3 is 5.97 Å². The number of furan rings is 1. The second kappa shape index (κ2) is 10.0. The zero-order valence-electron chi connectivity index (χ0n) is 15.8. The minimum absolute atomic E-state index is 0.00188. The van der Waals surface area contributed by atoms with Gasteiger partial charge in [-0.1, -0.05) is 13.8 Å². The van der Waals surface area contributed by atoms with Crippen LogP contribution in [0.1, 0.15) is 36.4 Å². The number of carbonyl (C=O) groups excluding carboxylic acids is 2. The lowest BCUT2D eigenvalue weighted by Crippen LogP contribution is -2.30. The Morgan fingerprint density at radius 3 is 2.46 bits per heavy atom. The number of amides is 1. The predicted molar refractivity (Wildman–Crippen MR) is 102 cm³/mol. The van der Waals surface area contributed by atoms with Crippen LogP contribution >= 0.6 is 0 Å². The van der Waals surface area contributed by atoms with Gasteiger partial charge in [0.1, 0.15) is 5.76 Å². The van der Waals surface area contributed by atoms with Crippen molar-refractivity contribution in [1.82, 2.24) is 10.0 Å². The molecule has 9 heteroatoms. The van der Waals surface area contributed by atoms with Crippen molar-refractivity contribution in [3.8, 4) is 0 Å². The predicted octanol–water partition coefficient (Wildman–Crippen LogP) is 2.08. The highest BCUT2D eigenvalue weighted by molar-refractivity contribution is 7.89. The summed E-state index contributed by atoms with van der Waals surface area (Å²) in [4.78, 5) is 23.6. The lowest BCUT2D eigenvalue weighted by atomic mass is 10.1. The summed E-state index contributed by atoms with van der Waals surface area (Å²) in [7, 11) is -3.75. The van der Waals surface area contributed by atoms with Gasteiger partial charge in [0.2, 0.25) is 10.0 Å². The number of esters is 1. The Morgan fingerprint density at radius 2 is 1.86 bits per heavy atom. The molecule has 28 heavy (non-hydrogen) atoms. The average molecular weight is 408 g/mol. The third kappa shape index (κ3) is 6.82. The molecule has 1 amide bonds. The van der Waals surface area contributed by atoms with Gasteiger partial charge in [0.25, 0.3) is 5.91 Å². The number of ether oxygens (including phenoxy) is 1. The van der Waals surface area contributed by atoms with Crippen molar-refractivity contribution in [2.75, 3.05) is 13.2 Å². The smallest absolute Gasteiger partial charge is 0.338 e. The fraction of sp³-hybridized carbons (Fsp3) is 0.368. The summed E-state index contributed by atoms with van der Waals surface area (Å²) in [6.07, 6.45) is 2.29. The van der Waals surface area contributed by atoms with Crippen molar-refractivity contribution in [2.45, 2.75) is 31.7 Å². The summed E-state index contributed by atoms with van der Waals surface area (Å²) >= 11 is 0. The van der Waals surface area contributed by atoms with Crippen LogP contribution in [0.3, 0.4) is 0 Å². The van der Waals surface area contributed by atoms with Gasteiger partial charge < -0.3 is 14.5 Å². The normalized spacial score (nSPS) is 11.4. The lowest BCUT2D eigenvalue weighted by Gasteiger charge is -2.09. The first-order chi connectivity index (χ1) is 13.3. The Balaban J connectivity index is 1.85. The van der Waals surface area contributed by atoms with Crippen molar-refractivity contribution in [2.24, 2.45) is 5.92 Å². The zero-order valence-corrected chi connectivity index (χ0v) is 16.6. The molecular weight excluding hydrogens is 384 g/mol. The van der Waals surface area contributed by atoms with Crippen molar-refractivity contribution >= 4 is 21.9 Å². The molecule has 0 atom stereocenters. The molecule has 0 saturated heterocycles. The molecule has 0 aliphatic rings. The first kappa shape index (κ1) is 21.6. The van der Waals surface area contributed by atoms with E-state index in [-0.39, 0.29) is 29.5 Å². The highest BCUT2D eigenvalue weighted by Gasteiger charge is 2.16. The molecule has 2 N–H and O–H groups in total. The first-order valence-electron chi connectivity index (χ1n) is 8.84. The lowest BCUT2D eigenvalue weighted by molar-refractivity contribution is -0.124. The van der Waals surface area contributed by atoms with Crippen LogP contribution in [-0.4, -0.2) is 33.4 Å². The standard InChI is InChI=1S/C19H24N2O6S/c1-14(2)9-10-20-18(22)13-27-19(23)15-5-7-17(8-6-15)28(24,25)21-12-16-4-3-11-26-16/h3-8,11,14,21H,9-10,12-13H2,1-2H3,(H,20,22). The van der Waals surface area contributed by atoms with Crippen LogP contribution in [0.15, 0.2) is 52.0 Å². The summed E-state index contributed by atoms with van der Waals surface area (Å²) in [6, 6.07) is 8.57. The Kier molecular flexibility index (Phi) is 7.77. The van der Waals surface area contributed by atoms with Crippen molar-refractivity contribution in [1.29, 1.82) is 0 Å². The van der Waals surface area contributed by atoms with Crippen LogP contribution in [0, 0.1) is 5.92 Å². The van der Waals surface area contributed by atoms with Crippen LogP contribution in [-0.2, 0) is 26.1 Å². The molecule has 2 rings (SSSR count). The minimum atomic E-state index is -3.75. The van der Waals surface area contributed by atoms with E-state index in [0.717, 1.165) is 6.42 Å². The largest absolute Gasteiger partial charge is 0.468 e. The number of nitrogens with one attached hydrogen (secondary N) is 2. The van der Waals surface area contributed by atoms with E-state index in [1.807, 2.05) is 13.8 Å². The number of carbonyl (C=O) groups is 2. The molecule has 1 heterocycles. The molecule has 1 aromatic carbocycles. The second-order valence-electron chi connectivity index (χ2n) is 6.54. The molecular formula is C19H24N2O6S. The highest BCUT2D eigenvalue weighted by Crippen LogP contribution is 2.12. The van der Waals surface area contributed by atoms with Crippen LogP contribution in [0.25, 0.3) is 0 Å². The van der Waals surface area contributed by atoms with Crippen LogP contribution in [0.5, 0.6) is 0 Å². The number of hydrogen-bond donors (Lipinski definition) is 2. The maximum atomic E-state index is 12.2. The van der Waals surface area contributed by atoms with E-state index in [9.17, 15) is 18.0 Å². The van der Waals surface area contributed by atoms with E-state index in [1.54, 1.807) is 12.1 Å². The van der Waals surface area contributed by atoms with Crippen molar-refractivity contribution < 1.29 is 27.2 Å². The quantitative estimate of drug-likeness (QED) is 0.582. The van der Waals surface area contributed by atoms with Gasteiger partial charge in [-0.15, -0.1) is 0 Å². The first-order valence-corrected chi connectivity index (χ1v) is 10.3. The van der Waals surface area contributed by atoms with Gasteiger partial charge in [-0.3, -0.25) is 4.79 Å². The number of hydrogen-bond acceptors (Lipinski definition) is 6. The van der Waals surface area contributed by atoms with Crippen LogP contribution < -0.4 is 10.0 Å². The van der Waals surface area contributed by atoms with Gasteiger partial charge in [-0.2, -0.15) is 0 Å². The third-order valence-corrected chi connectivity index (χ3v) is 5.21. The van der Waals surface area contributed by atoms with E-state index in [0.29, 0.717) is 18.2 Å². The topological polar surface area (TPSA) is 115 Å². The van der Waals surface area contributed by atoms with Crippen LogP contribution in [0.4, 0.5) is 0 Å². The fourth-order valence-electron chi connectivity index (χ4n) is 2.20. The van der Waals surface area contributed by atoms with Gasteiger partial charge in [0.15, 0.2) is 6.61 Å². The van der Waals surface area contributed by atoms with Crippen molar-refractivity contribution in [3.05, 3.63) is 54.0 Å². The maximum Gasteiger partial charge on any atom is 0.338 e. The molecule has 0 spiro atoms. The number of sulfonamides is 1. The Morgan fingerprint density at radius 1 is 1.14 bits per heavy atom. The Hall–Kier alpha value is -2.65. The summed E-state index contributed by atoms with van der Waals surface area (Å²) in [5, 5.41) is 2.66. The maximum absolute atomic E-state index is 12.2. The second-order valence-corrected chi connectivity index (χ2v) is 8.30. The molecule has 0 aliphatic carbocycles. The molecule has 0 radical (unpaired) electrons. The summed E-state index contributed by atoms with van der Waals surface area (Å²) in [5.74, 6) is -0.136. The minimum Gasteiger partial charge on any atom is -0.468 e. The number of rotatable bonds is 10. The summed E-state index contributed by atoms with van der Waals surface area (Å²) in [5.41, 5.74) is 0.153. The summed E-state index contributed by atoms with van der Waals surface area (Å²) < 4.78 is 36.9. The Bertz CT molecular complexity index is 874. The molecule has 0 saturated carbocycles. The molecule has 2 aromatic rings. The molecule has 8 nitrogen and oxygen atoms in total. The van der Waals surface area contributed by atoms with E-state index in [1.165, 1.54) is 30.5 Å². The summed E-state index contributed by atoms with van der Waals surface area (Å²) in [6.45, 7) is 4.24. The SMILES string of the molecule is CC(C)CCNC(=O)COC(=O)c1ccc(S(=O)(=O)NCc2ccco2)cc1. The van der Waals surface area contributed by atoms with Crippen LogP contribution in [0.2, 0.25) is 0 Å². The van der Waals surface area contributed by atoms with Gasteiger partial charge in [0.05, 0.1) is 23.3 Å². The molecule has 152 valence electrons. The third-order valence-electron chi connectivity index (χ3n) is 3.80. The Labute approximate surface area is 164 Å². The van der Waals surface area contributed by atoms with Gasteiger partial charge in [-0.25, -0.2) is 17.9 Å². The van der Waals surface area contributed by atoms with E-state index < -0.39 is 16.0 Å². The molecule has 0 aliphatic heterocycles. The zero-order chi connectivity index (χ0) is 20.6.